The van der Waals surface area contributed by atoms with Gasteiger partial charge in [0.25, 0.3) is 0 Å². The highest BCUT2D eigenvalue weighted by Gasteiger charge is 2.25. The molecule has 0 amide bonds. The van der Waals surface area contributed by atoms with E-state index in [1.807, 2.05) is 20.8 Å². The molecular formula is C12H19NO2. The molecule has 84 valence electrons. The Labute approximate surface area is 90.9 Å². The molecular weight excluding hydrogens is 190 g/mol. The summed E-state index contributed by atoms with van der Waals surface area (Å²) < 4.78 is 5.11. The van der Waals surface area contributed by atoms with Crippen molar-refractivity contribution in [2.24, 2.45) is 5.41 Å². The van der Waals surface area contributed by atoms with E-state index in [4.69, 9.17) is 10.5 Å². The predicted octanol–water partition coefficient (Wildman–Crippen LogP) is 2.36. The van der Waals surface area contributed by atoms with Crippen LogP contribution in [0.1, 0.15) is 32.4 Å². The average Bonchev–Trinajstić information content (AvgIpc) is 2.16. The van der Waals surface area contributed by atoms with E-state index in [0.717, 1.165) is 5.56 Å². The van der Waals surface area contributed by atoms with Gasteiger partial charge >= 0.3 is 0 Å². The fourth-order valence-corrected chi connectivity index (χ4v) is 1.38. The van der Waals surface area contributed by atoms with E-state index in [9.17, 15) is 5.11 Å². The maximum Gasteiger partial charge on any atom is 0.119 e. The molecule has 0 saturated heterocycles. The first-order chi connectivity index (χ1) is 6.86. The van der Waals surface area contributed by atoms with Gasteiger partial charge < -0.3 is 15.6 Å². The Kier molecular flexibility index (Phi) is 3.25. The highest BCUT2D eigenvalue weighted by atomic mass is 16.5. The van der Waals surface area contributed by atoms with E-state index >= 15 is 0 Å². The van der Waals surface area contributed by atoms with Crippen LogP contribution < -0.4 is 10.5 Å². The van der Waals surface area contributed by atoms with E-state index in [2.05, 4.69) is 0 Å². The zero-order chi connectivity index (χ0) is 11.6. The minimum absolute atomic E-state index is 0.236. The molecule has 15 heavy (non-hydrogen) atoms. The van der Waals surface area contributed by atoms with Gasteiger partial charge in [-0.05, 0) is 23.6 Å². The molecule has 1 atom stereocenters. The van der Waals surface area contributed by atoms with E-state index in [-0.39, 0.29) is 5.41 Å². The van der Waals surface area contributed by atoms with Crippen LogP contribution in [0.2, 0.25) is 0 Å². The Morgan fingerprint density at radius 2 is 1.93 bits per heavy atom. The molecule has 1 aromatic rings. The lowest BCUT2D eigenvalue weighted by atomic mass is 9.84. The third-order valence-corrected chi connectivity index (χ3v) is 2.41. The van der Waals surface area contributed by atoms with Crippen molar-refractivity contribution in [3.8, 4) is 5.75 Å². The van der Waals surface area contributed by atoms with Crippen molar-refractivity contribution in [2.75, 3.05) is 12.8 Å². The van der Waals surface area contributed by atoms with Crippen LogP contribution in [0, 0.1) is 5.41 Å². The molecule has 0 aromatic heterocycles. The number of nitrogen functional groups attached to an aromatic ring is 1. The molecule has 1 rings (SSSR count). The quantitative estimate of drug-likeness (QED) is 0.735. The third-order valence-electron chi connectivity index (χ3n) is 2.41. The minimum Gasteiger partial charge on any atom is -0.497 e. The van der Waals surface area contributed by atoms with Gasteiger partial charge in [0, 0.05) is 11.3 Å². The van der Waals surface area contributed by atoms with Gasteiger partial charge in [-0.25, -0.2) is 0 Å². The number of hydrogen-bond donors (Lipinski definition) is 2. The van der Waals surface area contributed by atoms with E-state index in [1.165, 1.54) is 0 Å². The van der Waals surface area contributed by atoms with Crippen LogP contribution in [0.4, 0.5) is 5.69 Å². The number of benzene rings is 1. The first-order valence-corrected chi connectivity index (χ1v) is 4.97. The second-order valence-electron chi connectivity index (χ2n) is 4.76. The van der Waals surface area contributed by atoms with E-state index in [0.29, 0.717) is 11.4 Å². The van der Waals surface area contributed by atoms with Crippen molar-refractivity contribution in [3.63, 3.8) is 0 Å². The van der Waals surface area contributed by atoms with Gasteiger partial charge in [0.05, 0.1) is 13.2 Å². The fourth-order valence-electron chi connectivity index (χ4n) is 1.38. The third kappa shape index (κ3) is 2.63. The lowest BCUT2D eigenvalue weighted by molar-refractivity contribution is 0.0631. The number of methoxy groups -OCH3 is 1. The molecule has 0 bridgehead atoms. The highest BCUT2D eigenvalue weighted by Crippen LogP contribution is 2.36. The fraction of sp³-hybridized carbons (Fsp3) is 0.500. The van der Waals surface area contributed by atoms with Gasteiger partial charge in [0.15, 0.2) is 0 Å². The van der Waals surface area contributed by atoms with E-state index < -0.39 is 6.10 Å². The first kappa shape index (κ1) is 11.9. The molecule has 0 radical (unpaired) electrons. The zero-order valence-electron chi connectivity index (χ0n) is 9.74. The van der Waals surface area contributed by atoms with Crippen LogP contribution in [0.5, 0.6) is 5.75 Å². The number of aliphatic hydroxyl groups is 1. The van der Waals surface area contributed by atoms with Gasteiger partial charge in [-0.2, -0.15) is 0 Å². The van der Waals surface area contributed by atoms with Crippen LogP contribution >= 0.6 is 0 Å². The Hall–Kier alpha value is -1.22. The van der Waals surface area contributed by atoms with Crippen LogP contribution in [0.3, 0.4) is 0 Å². The molecule has 3 N–H and O–H groups in total. The summed E-state index contributed by atoms with van der Waals surface area (Å²) in [6.07, 6.45) is -0.590. The summed E-state index contributed by atoms with van der Waals surface area (Å²) in [6, 6.07) is 5.32. The van der Waals surface area contributed by atoms with Crippen molar-refractivity contribution in [3.05, 3.63) is 23.8 Å². The van der Waals surface area contributed by atoms with Crippen molar-refractivity contribution >= 4 is 5.69 Å². The van der Waals surface area contributed by atoms with Gasteiger partial charge in [-0.1, -0.05) is 20.8 Å². The Morgan fingerprint density at radius 3 is 2.40 bits per heavy atom. The molecule has 0 fully saturated rings. The van der Waals surface area contributed by atoms with Crippen molar-refractivity contribution in [1.82, 2.24) is 0 Å². The van der Waals surface area contributed by atoms with Gasteiger partial charge in [0.1, 0.15) is 5.75 Å². The molecule has 0 heterocycles. The predicted molar refractivity (Wildman–Crippen MR) is 61.8 cm³/mol. The number of aliphatic hydroxyl groups excluding tert-OH is 1. The Balaban J connectivity index is 3.12. The summed E-state index contributed by atoms with van der Waals surface area (Å²) in [6.45, 7) is 5.91. The van der Waals surface area contributed by atoms with Gasteiger partial charge in [-0.15, -0.1) is 0 Å². The second-order valence-corrected chi connectivity index (χ2v) is 4.76. The summed E-state index contributed by atoms with van der Waals surface area (Å²) in [7, 11) is 1.60. The topological polar surface area (TPSA) is 55.5 Å². The number of ether oxygens (including phenoxy) is 1. The van der Waals surface area contributed by atoms with Crippen molar-refractivity contribution in [2.45, 2.75) is 26.9 Å². The van der Waals surface area contributed by atoms with Gasteiger partial charge in [0.2, 0.25) is 0 Å². The molecule has 1 aromatic carbocycles. The number of anilines is 1. The van der Waals surface area contributed by atoms with Gasteiger partial charge in [-0.3, -0.25) is 0 Å². The molecule has 0 spiro atoms. The molecule has 3 nitrogen and oxygen atoms in total. The molecule has 0 aliphatic heterocycles. The smallest absolute Gasteiger partial charge is 0.119 e. The summed E-state index contributed by atoms with van der Waals surface area (Å²) in [4.78, 5) is 0. The molecule has 3 heteroatoms. The first-order valence-electron chi connectivity index (χ1n) is 4.97. The van der Waals surface area contributed by atoms with Crippen LogP contribution in [0.15, 0.2) is 18.2 Å². The highest BCUT2D eigenvalue weighted by molar-refractivity contribution is 5.52. The lowest BCUT2D eigenvalue weighted by Crippen LogP contribution is -2.19. The summed E-state index contributed by atoms with van der Waals surface area (Å²) in [5.41, 5.74) is 6.91. The maximum atomic E-state index is 10.1. The number of hydrogen-bond acceptors (Lipinski definition) is 3. The average molecular weight is 209 g/mol. The number of nitrogens with two attached hydrogens (primary N) is 1. The Morgan fingerprint density at radius 1 is 1.33 bits per heavy atom. The van der Waals surface area contributed by atoms with Crippen molar-refractivity contribution < 1.29 is 9.84 Å². The normalized spacial score (nSPS) is 13.7. The Bertz CT molecular complexity index is 342. The summed E-state index contributed by atoms with van der Waals surface area (Å²) in [5, 5.41) is 10.1. The second kappa shape index (κ2) is 4.11. The summed E-state index contributed by atoms with van der Waals surface area (Å²) >= 11 is 0. The molecule has 0 saturated carbocycles. The minimum atomic E-state index is -0.590. The SMILES string of the molecule is COc1ccc(N)c(C(O)C(C)(C)C)c1. The monoisotopic (exact) mass is 209 g/mol. The summed E-state index contributed by atoms with van der Waals surface area (Å²) in [5.74, 6) is 0.711. The van der Waals surface area contributed by atoms with E-state index in [1.54, 1.807) is 25.3 Å². The molecule has 0 aliphatic rings. The maximum absolute atomic E-state index is 10.1. The number of rotatable bonds is 2. The largest absolute Gasteiger partial charge is 0.497 e. The zero-order valence-corrected chi connectivity index (χ0v) is 9.74. The van der Waals surface area contributed by atoms with Crippen molar-refractivity contribution in [1.29, 1.82) is 0 Å². The lowest BCUT2D eigenvalue weighted by Gasteiger charge is -2.27. The van der Waals surface area contributed by atoms with Crippen LogP contribution in [-0.4, -0.2) is 12.2 Å². The molecule has 0 aliphatic carbocycles. The van der Waals surface area contributed by atoms with Crippen LogP contribution in [0.25, 0.3) is 0 Å². The molecule has 1 unspecified atom stereocenters. The van der Waals surface area contributed by atoms with Crippen LogP contribution in [-0.2, 0) is 0 Å². The standard InChI is InChI=1S/C12H19NO2/c1-12(2,3)11(14)9-7-8(15-4)5-6-10(9)13/h5-7,11,14H,13H2,1-4H3.